The zero-order valence-electron chi connectivity index (χ0n) is 22.6. The van der Waals surface area contributed by atoms with Crippen LogP contribution in [0, 0.1) is 5.92 Å². The van der Waals surface area contributed by atoms with Crippen molar-refractivity contribution in [2.45, 2.75) is 59.5 Å². The first-order chi connectivity index (χ1) is 17.6. The highest BCUT2D eigenvalue weighted by molar-refractivity contribution is 7.92. The summed E-state index contributed by atoms with van der Waals surface area (Å²) < 4.78 is 31.8. The van der Waals surface area contributed by atoms with Gasteiger partial charge in [-0.05, 0) is 55.5 Å². The standard InChI is InChI=1S/C28H41N3O5S/c1-6-26(28(33)29-20-22(3)4)30(21-23-12-9-8-10-13-23)27(32)14-11-19-31(37(5,34)35)24-15-17-25(18-16-24)36-7-2/h8-10,12-13,15-18,22,26H,6-7,11,14,19-21H2,1-5H3,(H,29,33)/t26-/m0/s1. The fraction of sp³-hybridized carbons (Fsp3) is 0.500. The van der Waals surface area contributed by atoms with Crippen LogP contribution in [0.3, 0.4) is 0 Å². The van der Waals surface area contributed by atoms with Crippen molar-refractivity contribution in [1.82, 2.24) is 10.2 Å². The number of rotatable bonds is 15. The molecule has 0 aliphatic heterocycles. The van der Waals surface area contributed by atoms with Gasteiger partial charge >= 0.3 is 0 Å². The minimum atomic E-state index is -3.56. The lowest BCUT2D eigenvalue weighted by atomic mass is 10.1. The summed E-state index contributed by atoms with van der Waals surface area (Å²) in [6.07, 6.45) is 2.06. The highest BCUT2D eigenvalue weighted by Gasteiger charge is 2.29. The molecule has 0 aliphatic carbocycles. The van der Waals surface area contributed by atoms with Gasteiger partial charge in [0, 0.05) is 26.1 Å². The van der Waals surface area contributed by atoms with E-state index in [4.69, 9.17) is 4.74 Å². The Bertz CT molecular complexity index is 1090. The zero-order chi connectivity index (χ0) is 27.4. The number of carbonyl (C=O) groups is 2. The Balaban J connectivity index is 2.16. The van der Waals surface area contributed by atoms with Crippen LogP contribution in [0.4, 0.5) is 5.69 Å². The Morgan fingerprint density at radius 3 is 2.19 bits per heavy atom. The molecule has 2 aromatic rings. The van der Waals surface area contributed by atoms with E-state index in [1.54, 1.807) is 29.2 Å². The van der Waals surface area contributed by atoms with Crippen molar-refractivity contribution < 1.29 is 22.7 Å². The third kappa shape index (κ3) is 9.72. The number of anilines is 1. The molecule has 8 nitrogen and oxygen atoms in total. The van der Waals surface area contributed by atoms with Gasteiger partial charge in [-0.1, -0.05) is 51.1 Å². The van der Waals surface area contributed by atoms with Gasteiger partial charge in [0.1, 0.15) is 11.8 Å². The lowest BCUT2D eigenvalue weighted by Crippen LogP contribution is -2.49. The van der Waals surface area contributed by atoms with Crippen molar-refractivity contribution in [1.29, 1.82) is 0 Å². The Kier molecular flexibility index (Phi) is 11.9. The molecule has 0 saturated carbocycles. The molecule has 1 atom stereocenters. The Hall–Kier alpha value is -3.07. The smallest absolute Gasteiger partial charge is 0.242 e. The van der Waals surface area contributed by atoms with Gasteiger partial charge in [0.15, 0.2) is 0 Å². The molecule has 0 aromatic heterocycles. The van der Waals surface area contributed by atoms with Crippen molar-refractivity contribution in [3.63, 3.8) is 0 Å². The second kappa shape index (κ2) is 14.6. The molecule has 0 unspecified atom stereocenters. The average Bonchev–Trinajstić information content (AvgIpc) is 2.86. The van der Waals surface area contributed by atoms with Crippen LogP contribution in [0.25, 0.3) is 0 Å². The quantitative estimate of drug-likeness (QED) is 0.371. The number of ether oxygens (including phenoxy) is 1. The van der Waals surface area contributed by atoms with Crippen LogP contribution in [-0.4, -0.2) is 57.1 Å². The molecule has 0 fully saturated rings. The van der Waals surface area contributed by atoms with E-state index in [1.807, 2.05) is 58.0 Å². The van der Waals surface area contributed by atoms with Crippen LogP contribution in [0.15, 0.2) is 54.6 Å². The summed E-state index contributed by atoms with van der Waals surface area (Å²) in [7, 11) is -3.56. The fourth-order valence-corrected chi connectivity index (χ4v) is 4.97. The van der Waals surface area contributed by atoms with E-state index in [0.29, 0.717) is 49.9 Å². The van der Waals surface area contributed by atoms with Crippen LogP contribution in [-0.2, 0) is 26.2 Å². The average molecular weight is 532 g/mol. The van der Waals surface area contributed by atoms with E-state index in [1.165, 1.54) is 4.31 Å². The van der Waals surface area contributed by atoms with Crippen molar-refractivity contribution >= 4 is 27.5 Å². The summed E-state index contributed by atoms with van der Waals surface area (Å²) >= 11 is 0. The minimum Gasteiger partial charge on any atom is -0.494 e. The number of nitrogens with one attached hydrogen (secondary N) is 1. The van der Waals surface area contributed by atoms with Gasteiger partial charge in [-0.2, -0.15) is 0 Å². The molecule has 0 bridgehead atoms. The molecule has 0 saturated heterocycles. The van der Waals surface area contributed by atoms with E-state index < -0.39 is 16.1 Å². The molecule has 0 radical (unpaired) electrons. The van der Waals surface area contributed by atoms with Gasteiger partial charge in [0.05, 0.1) is 18.6 Å². The summed E-state index contributed by atoms with van der Waals surface area (Å²) in [4.78, 5) is 28.0. The number of hydrogen-bond acceptors (Lipinski definition) is 5. The molecule has 9 heteroatoms. The molecule has 2 rings (SSSR count). The molecule has 0 aliphatic rings. The number of carbonyl (C=O) groups excluding carboxylic acids is 2. The summed E-state index contributed by atoms with van der Waals surface area (Å²) in [5, 5.41) is 2.95. The molecule has 2 aromatic carbocycles. The maximum atomic E-state index is 13.4. The predicted octanol–water partition coefficient (Wildman–Crippen LogP) is 4.21. The Morgan fingerprint density at radius 2 is 1.65 bits per heavy atom. The van der Waals surface area contributed by atoms with E-state index in [0.717, 1.165) is 11.8 Å². The first-order valence-corrected chi connectivity index (χ1v) is 14.7. The van der Waals surface area contributed by atoms with Crippen molar-refractivity contribution in [2.75, 3.05) is 30.3 Å². The summed E-state index contributed by atoms with van der Waals surface area (Å²) in [5.74, 6) is 0.597. The highest BCUT2D eigenvalue weighted by atomic mass is 32.2. The SMILES string of the molecule is CCOc1ccc(N(CCCC(=O)N(Cc2ccccc2)[C@@H](CC)C(=O)NCC(C)C)S(C)(=O)=O)cc1. The van der Waals surface area contributed by atoms with E-state index >= 15 is 0 Å². The minimum absolute atomic E-state index is 0.115. The predicted molar refractivity (Wildman–Crippen MR) is 148 cm³/mol. The number of amides is 2. The molecule has 1 N–H and O–H groups in total. The van der Waals surface area contributed by atoms with Gasteiger partial charge in [0.2, 0.25) is 21.8 Å². The van der Waals surface area contributed by atoms with Crippen molar-refractivity contribution in [3.05, 3.63) is 60.2 Å². The third-order valence-electron chi connectivity index (χ3n) is 5.85. The highest BCUT2D eigenvalue weighted by Crippen LogP contribution is 2.23. The van der Waals surface area contributed by atoms with Crippen LogP contribution >= 0.6 is 0 Å². The first kappa shape index (κ1) is 30.2. The molecule has 0 spiro atoms. The molecule has 37 heavy (non-hydrogen) atoms. The van der Waals surface area contributed by atoms with Gasteiger partial charge in [-0.15, -0.1) is 0 Å². The van der Waals surface area contributed by atoms with E-state index in [2.05, 4.69) is 5.32 Å². The lowest BCUT2D eigenvalue weighted by Gasteiger charge is -2.31. The summed E-state index contributed by atoms with van der Waals surface area (Å²) in [5.41, 5.74) is 1.44. The molecule has 204 valence electrons. The number of benzene rings is 2. The van der Waals surface area contributed by atoms with Gasteiger partial charge in [0.25, 0.3) is 0 Å². The topological polar surface area (TPSA) is 96.0 Å². The molecule has 0 heterocycles. The maximum Gasteiger partial charge on any atom is 0.242 e. The fourth-order valence-electron chi connectivity index (χ4n) is 4.00. The van der Waals surface area contributed by atoms with Crippen LogP contribution in [0.1, 0.15) is 52.5 Å². The second-order valence-corrected chi connectivity index (χ2v) is 11.3. The molecular formula is C28H41N3O5S. The maximum absolute atomic E-state index is 13.4. The zero-order valence-corrected chi connectivity index (χ0v) is 23.5. The largest absolute Gasteiger partial charge is 0.494 e. The normalized spacial score (nSPS) is 12.2. The summed E-state index contributed by atoms with van der Waals surface area (Å²) in [6, 6.07) is 15.8. The van der Waals surface area contributed by atoms with Crippen LogP contribution < -0.4 is 14.4 Å². The Morgan fingerprint density at radius 1 is 1.00 bits per heavy atom. The number of sulfonamides is 1. The molecule has 2 amide bonds. The monoisotopic (exact) mass is 531 g/mol. The van der Waals surface area contributed by atoms with Crippen LogP contribution in [0.2, 0.25) is 0 Å². The third-order valence-corrected chi connectivity index (χ3v) is 7.05. The van der Waals surface area contributed by atoms with Gasteiger partial charge < -0.3 is 15.0 Å². The van der Waals surface area contributed by atoms with E-state index in [-0.39, 0.29) is 24.8 Å². The molecular weight excluding hydrogens is 490 g/mol. The van der Waals surface area contributed by atoms with Crippen LogP contribution in [0.5, 0.6) is 5.75 Å². The van der Waals surface area contributed by atoms with Crippen molar-refractivity contribution in [2.24, 2.45) is 5.92 Å². The number of hydrogen-bond donors (Lipinski definition) is 1. The second-order valence-electron chi connectivity index (χ2n) is 9.44. The summed E-state index contributed by atoms with van der Waals surface area (Å²) in [6.45, 7) is 9.32. The lowest BCUT2D eigenvalue weighted by molar-refractivity contribution is -0.141. The van der Waals surface area contributed by atoms with Crippen molar-refractivity contribution in [3.8, 4) is 5.75 Å². The Labute approximate surface area is 222 Å². The number of nitrogens with zero attached hydrogens (tertiary/aromatic N) is 2. The van der Waals surface area contributed by atoms with Gasteiger partial charge in [-0.3, -0.25) is 13.9 Å². The van der Waals surface area contributed by atoms with E-state index in [9.17, 15) is 18.0 Å². The van der Waals surface area contributed by atoms with Gasteiger partial charge in [-0.25, -0.2) is 8.42 Å². The first-order valence-electron chi connectivity index (χ1n) is 12.9.